The van der Waals surface area contributed by atoms with E-state index in [0.717, 1.165) is 67.5 Å². The third kappa shape index (κ3) is 7.08. The van der Waals surface area contributed by atoms with Crippen LogP contribution in [0.5, 0.6) is 0 Å². The van der Waals surface area contributed by atoms with Crippen molar-refractivity contribution in [3.63, 3.8) is 0 Å². The van der Waals surface area contributed by atoms with Gasteiger partial charge in [-0.1, -0.05) is 250 Å². The van der Waals surface area contributed by atoms with E-state index in [1.165, 1.54) is 89.0 Å². The van der Waals surface area contributed by atoms with Gasteiger partial charge in [0.1, 0.15) is 0 Å². The van der Waals surface area contributed by atoms with Gasteiger partial charge in [-0.05, 0) is 201 Å². The van der Waals surface area contributed by atoms with Crippen molar-refractivity contribution in [2.75, 3.05) is 9.80 Å². The fraction of sp³-hybridized carbons (Fsp3) is 0.0238. The van der Waals surface area contributed by atoms with Gasteiger partial charge in [-0.15, -0.1) is 0 Å². The normalized spacial score (nSPS) is 13.4. The van der Waals surface area contributed by atoms with Crippen molar-refractivity contribution in [1.29, 1.82) is 0 Å². The maximum Gasteiger partial charge on any atom is 0.0726 e. The van der Waals surface area contributed by atoms with Crippen molar-refractivity contribution < 1.29 is 0 Å². The first-order valence-corrected chi connectivity index (χ1v) is 29.8. The zero-order chi connectivity index (χ0) is 57.1. The molecule has 0 saturated carbocycles. The molecule has 0 saturated heterocycles. The summed E-state index contributed by atoms with van der Waals surface area (Å²) in [4.78, 5) is 4.95. The lowest BCUT2D eigenvalue weighted by molar-refractivity contribution is 0.793. The Hall–Kier alpha value is -11.1. The molecular formula is C84H56N2. The van der Waals surface area contributed by atoms with Gasteiger partial charge in [0.2, 0.25) is 0 Å². The Balaban J connectivity index is 0.900. The molecule has 0 atom stereocenters. The SMILES string of the molecule is C=Cc1cccc(-c2cccc(N(c3cccc(N(c4cccc(-c5cccc(C=C)c5)c4)c4ccc5c(c4)C4(c6ccccc6-c6ccccc64)c4ccccc4-5)c3)c3ccc4c(c3)C3(c5ccccc5-c5ccccc53)c3ccccc3-4)c2)c1. The summed E-state index contributed by atoms with van der Waals surface area (Å²) < 4.78 is 0. The minimum atomic E-state index is -0.520. The van der Waals surface area contributed by atoms with E-state index in [1.54, 1.807) is 0 Å². The molecule has 0 heterocycles. The molecular weight excluding hydrogens is 1040 g/mol. The Kier molecular flexibility index (Phi) is 11.1. The van der Waals surface area contributed by atoms with E-state index in [2.05, 4.69) is 326 Å². The van der Waals surface area contributed by atoms with Crippen molar-refractivity contribution in [1.82, 2.24) is 0 Å². The number of hydrogen-bond acceptors (Lipinski definition) is 2. The Morgan fingerprint density at radius 3 is 0.791 bits per heavy atom. The van der Waals surface area contributed by atoms with Crippen LogP contribution in [0, 0.1) is 0 Å². The summed E-state index contributed by atoms with van der Waals surface area (Å²) >= 11 is 0. The third-order valence-corrected chi connectivity index (χ3v) is 18.9. The van der Waals surface area contributed by atoms with Gasteiger partial charge in [-0.2, -0.15) is 0 Å². The molecule has 4 aliphatic carbocycles. The van der Waals surface area contributed by atoms with E-state index in [9.17, 15) is 0 Å². The first-order chi connectivity index (χ1) is 42.5. The Morgan fingerprint density at radius 2 is 0.465 bits per heavy atom. The largest absolute Gasteiger partial charge is 0.310 e. The summed E-state index contributed by atoms with van der Waals surface area (Å²) in [6, 6.07) is 113. The Labute approximate surface area is 502 Å². The van der Waals surface area contributed by atoms with Crippen molar-refractivity contribution in [3.05, 3.63) is 372 Å². The smallest absolute Gasteiger partial charge is 0.0726 e. The molecule has 13 aromatic carbocycles. The number of fused-ring (bicyclic) bond motifs is 20. The van der Waals surface area contributed by atoms with E-state index < -0.39 is 10.8 Å². The summed E-state index contributed by atoms with van der Waals surface area (Å²) in [6.45, 7) is 8.27. The lowest BCUT2D eigenvalue weighted by atomic mass is 9.70. The zero-order valence-corrected chi connectivity index (χ0v) is 47.3. The summed E-state index contributed by atoms with van der Waals surface area (Å²) in [7, 11) is 0. The van der Waals surface area contributed by atoms with E-state index in [4.69, 9.17) is 0 Å². The highest BCUT2D eigenvalue weighted by Gasteiger charge is 2.53. The highest BCUT2D eigenvalue weighted by atomic mass is 15.2. The number of nitrogens with zero attached hydrogens (tertiary/aromatic N) is 2. The fourth-order valence-corrected chi connectivity index (χ4v) is 15.4. The Bertz CT molecular complexity index is 4540. The first kappa shape index (κ1) is 49.5. The number of rotatable bonds is 10. The highest BCUT2D eigenvalue weighted by Crippen LogP contribution is 2.65. The molecule has 2 heteroatoms. The second kappa shape index (κ2) is 19.3. The van der Waals surface area contributed by atoms with Crippen LogP contribution in [0.2, 0.25) is 0 Å². The molecule has 13 aromatic rings. The molecule has 0 amide bonds. The van der Waals surface area contributed by atoms with Gasteiger partial charge < -0.3 is 9.80 Å². The van der Waals surface area contributed by atoms with Gasteiger partial charge in [-0.3, -0.25) is 0 Å². The molecule has 2 spiro atoms. The predicted molar refractivity (Wildman–Crippen MR) is 359 cm³/mol. The standard InChI is InChI=1S/C84H56N2/c1-3-55-22-17-24-57(48-55)59-26-19-28-61(50-59)85(65-44-46-73-71-36-9-15-42-79(71)83(81(73)53-65)75-38-11-5-32-67(75)68-33-6-12-39-76(68)83)63-30-21-31-64(52-63)86(62-29-20-27-60(51-62)58-25-18-23-56(4-2)49-58)66-45-47-74-72-37-10-16-43-80(72)84(82(74)54-66)77-40-13-7-34-69(77)70-35-8-14-41-78(70)84/h3-54H,1-2H2. The maximum absolute atomic E-state index is 4.13. The summed E-state index contributed by atoms with van der Waals surface area (Å²) in [6.07, 6.45) is 3.85. The summed E-state index contributed by atoms with van der Waals surface area (Å²) in [5, 5.41) is 0. The van der Waals surface area contributed by atoms with Crippen LogP contribution in [0.4, 0.5) is 34.1 Å². The van der Waals surface area contributed by atoms with Crippen molar-refractivity contribution in [2.24, 2.45) is 0 Å². The highest BCUT2D eigenvalue weighted by molar-refractivity contribution is 5.99. The number of anilines is 6. The van der Waals surface area contributed by atoms with Crippen LogP contribution in [0.1, 0.15) is 55.6 Å². The van der Waals surface area contributed by atoms with E-state index in [1.807, 2.05) is 12.2 Å². The van der Waals surface area contributed by atoms with Crippen molar-refractivity contribution in [2.45, 2.75) is 10.8 Å². The molecule has 0 bridgehead atoms. The van der Waals surface area contributed by atoms with Crippen molar-refractivity contribution in [3.8, 4) is 66.8 Å². The topological polar surface area (TPSA) is 6.48 Å². The minimum absolute atomic E-state index is 0.520. The van der Waals surface area contributed by atoms with Crippen LogP contribution >= 0.6 is 0 Å². The quantitative estimate of drug-likeness (QED) is 0.135. The van der Waals surface area contributed by atoms with E-state index in [-0.39, 0.29) is 0 Å². The van der Waals surface area contributed by atoms with Crippen LogP contribution in [-0.2, 0) is 10.8 Å². The number of benzene rings is 13. The fourth-order valence-electron chi connectivity index (χ4n) is 15.4. The van der Waals surface area contributed by atoms with Gasteiger partial charge >= 0.3 is 0 Å². The van der Waals surface area contributed by atoms with Gasteiger partial charge in [0.25, 0.3) is 0 Å². The first-order valence-electron chi connectivity index (χ1n) is 29.8. The van der Waals surface area contributed by atoms with Crippen LogP contribution in [-0.4, -0.2) is 0 Å². The second-order valence-electron chi connectivity index (χ2n) is 23.2. The average Bonchev–Trinajstić information content (AvgIpc) is 1.53. The number of hydrogen-bond donors (Lipinski definition) is 0. The van der Waals surface area contributed by atoms with Gasteiger partial charge in [0.15, 0.2) is 0 Å². The van der Waals surface area contributed by atoms with Gasteiger partial charge in [0.05, 0.1) is 10.8 Å². The van der Waals surface area contributed by atoms with E-state index >= 15 is 0 Å². The van der Waals surface area contributed by atoms with Crippen LogP contribution in [0.25, 0.3) is 78.9 Å². The van der Waals surface area contributed by atoms with Crippen LogP contribution in [0.3, 0.4) is 0 Å². The maximum atomic E-state index is 4.13. The lowest BCUT2D eigenvalue weighted by Gasteiger charge is -2.33. The molecule has 402 valence electrons. The van der Waals surface area contributed by atoms with Gasteiger partial charge in [0, 0.05) is 34.1 Å². The molecule has 0 N–H and O–H groups in total. The predicted octanol–water partition coefficient (Wildman–Crippen LogP) is 21.9. The molecule has 0 aromatic heterocycles. The monoisotopic (exact) mass is 1090 g/mol. The molecule has 2 nitrogen and oxygen atoms in total. The molecule has 0 radical (unpaired) electrons. The molecule has 0 aliphatic heterocycles. The summed E-state index contributed by atoms with van der Waals surface area (Å²) in [5.74, 6) is 0. The molecule has 86 heavy (non-hydrogen) atoms. The molecule has 17 rings (SSSR count). The van der Waals surface area contributed by atoms with Crippen LogP contribution in [0.15, 0.2) is 316 Å². The molecule has 0 unspecified atom stereocenters. The Morgan fingerprint density at radius 1 is 0.209 bits per heavy atom. The molecule has 4 aliphatic rings. The van der Waals surface area contributed by atoms with Crippen molar-refractivity contribution >= 4 is 46.3 Å². The third-order valence-electron chi connectivity index (χ3n) is 18.9. The zero-order valence-electron chi connectivity index (χ0n) is 47.3. The average molecular weight is 1090 g/mol. The lowest BCUT2D eigenvalue weighted by Crippen LogP contribution is -2.26. The minimum Gasteiger partial charge on any atom is -0.310 e. The van der Waals surface area contributed by atoms with Gasteiger partial charge in [-0.25, -0.2) is 0 Å². The van der Waals surface area contributed by atoms with Crippen LogP contribution < -0.4 is 9.80 Å². The second-order valence-corrected chi connectivity index (χ2v) is 23.2. The molecule has 0 fully saturated rings. The summed E-state index contributed by atoms with van der Waals surface area (Å²) in [5.41, 5.74) is 32.6. The van der Waals surface area contributed by atoms with E-state index in [0.29, 0.717) is 0 Å².